The van der Waals surface area contributed by atoms with Gasteiger partial charge in [0.2, 0.25) is 10.0 Å². The second-order valence-electron chi connectivity index (χ2n) is 9.56. The molecule has 180 valence electrons. The monoisotopic (exact) mass is 475 g/mol. The van der Waals surface area contributed by atoms with Crippen LogP contribution in [0.3, 0.4) is 0 Å². The fourth-order valence-electron chi connectivity index (χ4n) is 5.58. The predicted molar refractivity (Wildman–Crippen MR) is 129 cm³/mol. The van der Waals surface area contributed by atoms with Gasteiger partial charge in [-0.2, -0.15) is 4.31 Å². The third-order valence-corrected chi connectivity index (χ3v) is 8.30. The van der Waals surface area contributed by atoms with E-state index < -0.39 is 10.0 Å². The van der Waals surface area contributed by atoms with Crippen LogP contribution in [0.1, 0.15) is 45.4 Å². The van der Waals surface area contributed by atoms with Gasteiger partial charge in [-0.05, 0) is 45.1 Å². The second-order valence-corrected chi connectivity index (χ2v) is 11.5. The molecule has 5 heterocycles. The fourth-order valence-corrected chi connectivity index (χ4v) is 7.04. The number of sulfonamides is 1. The minimum Gasteiger partial charge on any atom is -0.495 e. The van der Waals surface area contributed by atoms with E-state index in [1.807, 2.05) is 12.1 Å². The molecule has 3 aliphatic heterocycles. The number of aromatic nitrogens is 2. The maximum Gasteiger partial charge on any atom is 0.211 e. The highest BCUT2D eigenvalue weighted by Crippen LogP contribution is 2.38. The summed E-state index contributed by atoms with van der Waals surface area (Å²) in [6.07, 6.45) is 8.50. The van der Waals surface area contributed by atoms with Crippen molar-refractivity contribution in [1.82, 2.24) is 25.1 Å². The molecule has 4 N–H and O–H groups in total. The SMILES string of the molecule is COc1cnc2cc(NC3CC(C)NN3)nc(NC3C[C@H]4CCC[C@@H](C3)N4S(C)(=O)=O)c2c1. The average molecular weight is 476 g/mol. The number of pyridine rings is 2. The van der Waals surface area contributed by atoms with Crippen LogP contribution in [-0.4, -0.2) is 66.4 Å². The number of methoxy groups -OCH3 is 1. The first kappa shape index (κ1) is 22.6. The van der Waals surface area contributed by atoms with E-state index in [2.05, 4.69) is 33.4 Å². The van der Waals surface area contributed by atoms with E-state index in [4.69, 9.17) is 9.72 Å². The minimum absolute atomic E-state index is 0.0421. The van der Waals surface area contributed by atoms with Crippen molar-refractivity contribution in [3.63, 3.8) is 0 Å². The van der Waals surface area contributed by atoms with Crippen LogP contribution in [0.2, 0.25) is 0 Å². The summed E-state index contributed by atoms with van der Waals surface area (Å²) in [6, 6.07) is 4.50. The van der Waals surface area contributed by atoms with Crippen molar-refractivity contribution in [2.75, 3.05) is 24.0 Å². The van der Waals surface area contributed by atoms with Gasteiger partial charge in [0.25, 0.3) is 0 Å². The average Bonchev–Trinajstić information content (AvgIpc) is 3.16. The molecule has 0 radical (unpaired) electrons. The van der Waals surface area contributed by atoms with Gasteiger partial charge in [-0.3, -0.25) is 10.4 Å². The predicted octanol–water partition coefficient (Wildman–Crippen LogP) is 2.02. The van der Waals surface area contributed by atoms with Crippen molar-refractivity contribution in [3.05, 3.63) is 18.3 Å². The Kier molecular flexibility index (Phi) is 6.06. The number of ether oxygens (including phenoxy) is 1. The lowest BCUT2D eigenvalue weighted by Gasteiger charge is -2.47. The first-order valence-corrected chi connectivity index (χ1v) is 13.5. The number of rotatable bonds is 6. The van der Waals surface area contributed by atoms with Crippen molar-refractivity contribution >= 4 is 32.6 Å². The van der Waals surface area contributed by atoms with Crippen LogP contribution in [0.15, 0.2) is 18.3 Å². The Morgan fingerprint density at radius 3 is 2.52 bits per heavy atom. The lowest BCUT2D eigenvalue weighted by Crippen LogP contribution is -2.56. The number of hydrogen-bond donors (Lipinski definition) is 4. The number of nitrogens with one attached hydrogen (secondary N) is 4. The number of fused-ring (bicyclic) bond motifs is 3. The molecule has 3 unspecified atom stereocenters. The van der Waals surface area contributed by atoms with E-state index in [0.29, 0.717) is 11.8 Å². The van der Waals surface area contributed by atoms with Gasteiger partial charge in [0.1, 0.15) is 17.4 Å². The van der Waals surface area contributed by atoms with Crippen LogP contribution in [0.5, 0.6) is 5.75 Å². The third kappa shape index (κ3) is 4.72. The minimum atomic E-state index is -3.21. The van der Waals surface area contributed by atoms with Crippen LogP contribution in [0.4, 0.5) is 11.6 Å². The molecule has 0 amide bonds. The van der Waals surface area contributed by atoms with Crippen molar-refractivity contribution in [2.45, 2.75) is 75.8 Å². The van der Waals surface area contributed by atoms with Gasteiger partial charge in [-0.25, -0.2) is 18.8 Å². The molecule has 11 heteroatoms. The van der Waals surface area contributed by atoms with E-state index in [1.165, 1.54) is 6.26 Å². The zero-order valence-corrected chi connectivity index (χ0v) is 20.2. The van der Waals surface area contributed by atoms with Crippen LogP contribution in [0.25, 0.3) is 10.9 Å². The van der Waals surface area contributed by atoms with E-state index in [-0.39, 0.29) is 24.3 Å². The molecule has 33 heavy (non-hydrogen) atoms. The molecule has 5 rings (SSSR count). The zero-order chi connectivity index (χ0) is 23.2. The molecule has 3 fully saturated rings. The number of nitrogens with zero attached hydrogens (tertiary/aromatic N) is 3. The van der Waals surface area contributed by atoms with Gasteiger partial charge < -0.3 is 15.4 Å². The number of hydrogen-bond acceptors (Lipinski definition) is 9. The van der Waals surface area contributed by atoms with Crippen molar-refractivity contribution in [1.29, 1.82) is 0 Å². The van der Waals surface area contributed by atoms with Crippen LogP contribution >= 0.6 is 0 Å². The van der Waals surface area contributed by atoms with Crippen molar-refractivity contribution < 1.29 is 13.2 Å². The second kappa shape index (κ2) is 8.86. The first-order chi connectivity index (χ1) is 15.8. The van der Waals surface area contributed by atoms with Crippen LogP contribution in [-0.2, 0) is 10.0 Å². The lowest BCUT2D eigenvalue weighted by molar-refractivity contribution is 0.116. The van der Waals surface area contributed by atoms with E-state index in [9.17, 15) is 8.42 Å². The molecule has 0 aliphatic carbocycles. The summed E-state index contributed by atoms with van der Waals surface area (Å²) in [5, 5.41) is 7.99. The number of piperidine rings is 2. The summed E-state index contributed by atoms with van der Waals surface area (Å²) in [5.74, 6) is 2.16. The van der Waals surface area contributed by atoms with Crippen LogP contribution < -0.4 is 26.2 Å². The highest BCUT2D eigenvalue weighted by atomic mass is 32.2. The molecule has 2 aromatic rings. The first-order valence-electron chi connectivity index (χ1n) is 11.7. The molecular weight excluding hydrogens is 442 g/mol. The molecule has 0 aromatic carbocycles. The smallest absolute Gasteiger partial charge is 0.211 e. The van der Waals surface area contributed by atoms with Gasteiger partial charge in [-0.15, -0.1) is 0 Å². The number of anilines is 2. The van der Waals surface area contributed by atoms with Gasteiger partial charge in [0.05, 0.1) is 31.2 Å². The Bertz CT molecular complexity index is 1110. The summed E-state index contributed by atoms with van der Waals surface area (Å²) in [5.41, 5.74) is 7.29. The molecule has 10 nitrogen and oxygen atoms in total. The molecule has 0 spiro atoms. The van der Waals surface area contributed by atoms with E-state index in [0.717, 1.165) is 61.1 Å². The standard InChI is InChI=1S/C22H33N7O3S/c1-13-7-21(28-27-13)25-20-11-19-18(10-17(32-2)12-23-19)22(26-20)24-14-8-15-5-4-6-16(9-14)29(15)33(3,30)31/h10-16,21,27-28H,4-9H2,1-3H3,(H2,24,25,26)/t13?,14?,15-,16+,21?. The normalized spacial score (nSPS) is 30.3. The van der Waals surface area contributed by atoms with E-state index in [1.54, 1.807) is 17.6 Å². The largest absolute Gasteiger partial charge is 0.495 e. The Labute approximate surface area is 194 Å². The molecule has 5 atom stereocenters. The van der Waals surface area contributed by atoms with Gasteiger partial charge in [0.15, 0.2) is 0 Å². The summed E-state index contributed by atoms with van der Waals surface area (Å²) < 4.78 is 31.9. The molecule has 0 saturated carbocycles. The van der Waals surface area contributed by atoms with Crippen LogP contribution in [0, 0.1) is 0 Å². The maximum atomic E-state index is 12.4. The Balaban J connectivity index is 1.43. The quantitative estimate of drug-likeness (QED) is 0.497. The molecule has 3 saturated heterocycles. The highest BCUT2D eigenvalue weighted by molar-refractivity contribution is 7.88. The zero-order valence-electron chi connectivity index (χ0n) is 19.3. The van der Waals surface area contributed by atoms with Gasteiger partial charge in [0, 0.05) is 35.6 Å². The maximum absolute atomic E-state index is 12.4. The topological polar surface area (TPSA) is 121 Å². The Morgan fingerprint density at radius 2 is 1.88 bits per heavy atom. The molecule has 2 aromatic heterocycles. The summed E-state index contributed by atoms with van der Waals surface area (Å²) in [7, 11) is -1.58. The molecule has 2 bridgehead atoms. The van der Waals surface area contributed by atoms with Gasteiger partial charge in [-0.1, -0.05) is 6.42 Å². The van der Waals surface area contributed by atoms with Crippen molar-refractivity contribution in [3.8, 4) is 5.75 Å². The molecule has 3 aliphatic rings. The molecular formula is C22H33N7O3S. The summed E-state index contributed by atoms with van der Waals surface area (Å²) >= 11 is 0. The van der Waals surface area contributed by atoms with E-state index >= 15 is 0 Å². The summed E-state index contributed by atoms with van der Waals surface area (Å²) in [4.78, 5) is 9.49. The Morgan fingerprint density at radius 1 is 1.12 bits per heavy atom. The fraction of sp³-hybridized carbons (Fsp3) is 0.636. The summed E-state index contributed by atoms with van der Waals surface area (Å²) in [6.45, 7) is 2.13. The van der Waals surface area contributed by atoms with Crippen molar-refractivity contribution in [2.24, 2.45) is 0 Å². The Hall–Kier alpha value is -2.21. The highest BCUT2D eigenvalue weighted by Gasteiger charge is 2.43. The lowest BCUT2D eigenvalue weighted by atomic mass is 9.84. The number of hydrazine groups is 1. The van der Waals surface area contributed by atoms with Gasteiger partial charge >= 0.3 is 0 Å². The third-order valence-electron chi connectivity index (χ3n) is 6.94.